The number of fused-ring (bicyclic) bond motifs is 1. The number of hydrogen-bond donors (Lipinski definition) is 0. The van der Waals surface area contributed by atoms with Crippen molar-refractivity contribution in [3.8, 4) is 0 Å². The third kappa shape index (κ3) is 1.43. The highest BCUT2D eigenvalue weighted by atomic mass is 19.2. The van der Waals surface area contributed by atoms with Crippen molar-refractivity contribution < 1.29 is 8.78 Å². The zero-order valence-corrected chi connectivity index (χ0v) is 8.80. The summed E-state index contributed by atoms with van der Waals surface area (Å²) >= 11 is 0. The smallest absolute Gasteiger partial charge is 0.161 e. The average molecular weight is 220 g/mol. The number of imidazole rings is 1. The number of rotatable bonds is 2. The minimum atomic E-state index is -0.902. The number of aromatic nitrogens is 2. The van der Waals surface area contributed by atoms with Crippen molar-refractivity contribution in [2.24, 2.45) is 0 Å². The van der Waals surface area contributed by atoms with Gasteiger partial charge < -0.3 is 0 Å². The van der Waals surface area contributed by atoms with Gasteiger partial charge in [0, 0.05) is 17.8 Å². The second-order valence-corrected chi connectivity index (χ2v) is 3.44. The van der Waals surface area contributed by atoms with E-state index in [2.05, 4.69) is 18.1 Å². The number of benzene rings is 1. The third-order valence-corrected chi connectivity index (χ3v) is 2.39. The fourth-order valence-corrected chi connectivity index (χ4v) is 1.65. The summed E-state index contributed by atoms with van der Waals surface area (Å²) in [4.78, 5) is 4.13. The molecule has 0 aliphatic carbocycles. The zero-order chi connectivity index (χ0) is 11.9. The van der Waals surface area contributed by atoms with Gasteiger partial charge in [-0.1, -0.05) is 13.2 Å². The van der Waals surface area contributed by atoms with Crippen molar-refractivity contribution in [2.75, 3.05) is 0 Å². The largest absolute Gasteiger partial charge is 0.297 e. The fourth-order valence-electron chi connectivity index (χ4n) is 1.65. The highest BCUT2D eigenvalue weighted by Crippen LogP contribution is 2.22. The maximum absolute atomic E-state index is 13.1. The van der Waals surface area contributed by atoms with E-state index >= 15 is 0 Å². The van der Waals surface area contributed by atoms with E-state index in [-0.39, 0.29) is 0 Å². The van der Waals surface area contributed by atoms with Crippen LogP contribution in [0.2, 0.25) is 0 Å². The van der Waals surface area contributed by atoms with Crippen LogP contribution in [0.4, 0.5) is 8.78 Å². The molecule has 0 unspecified atom stereocenters. The summed E-state index contributed by atoms with van der Waals surface area (Å²) in [6.45, 7) is 9.10. The standard InChI is InChI=1S/C12H10F2N2/c1-4-7(2)16-8(3)15-11-5-9(13)10(14)6-12(11)16/h4-6H,1-2H2,3H3. The quantitative estimate of drug-likeness (QED) is 0.710. The number of aryl methyl sites for hydroxylation is 1. The molecule has 4 heteroatoms. The first-order valence-corrected chi connectivity index (χ1v) is 4.70. The van der Waals surface area contributed by atoms with Crippen molar-refractivity contribution in [1.29, 1.82) is 0 Å². The van der Waals surface area contributed by atoms with E-state index in [4.69, 9.17) is 0 Å². The van der Waals surface area contributed by atoms with Gasteiger partial charge in [0.25, 0.3) is 0 Å². The molecule has 0 fully saturated rings. The van der Waals surface area contributed by atoms with E-state index in [1.807, 2.05) is 0 Å². The molecule has 0 amide bonds. The third-order valence-electron chi connectivity index (χ3n) is 2.39. The van der Waals surface area contributed by atoms with Crippen molar-refractivity contribution in [3.05, 3.63) is 48.8 Å². The Morgan fingerprint density at radius 3 is 2.62 bits per heavy atom. The Labute approximate surface area is 91.5 Å². The molecule has 0 N–H and O–H groups in total. The lowest BCUT2D eigenvalue weighted by Crippen LogP contribution is -1.96. The minimum absolute atomic E-state index is 0.402. The molecule has 0 radical (unpaired) electrons. The first-order chi connectivity index (χ1) is 7.54. The Morgan fingerprint density at radius 2 is 2.00 bits per heavy atom. The number of allylic oxidation sites excluding steroid dienone is 2. The summed E-state index contributed by atoms with van der Waals surface area (Å²) in [7, 11) is 0. The van der Waals surface area contributed by atoms with Crippen LogP contribution < -0.4 is 0 Å². The van der Waals surface area contributed by atoms with E-state index in [9.17, 15) is 8.78 Å². The van der Waals surface area contributed by atoms with E-state index in [1.165, 1.54) is 6.08 Å². The Hall–Kier alpha value is -1.97. The lowest BCUT2D eigenvalue weighted by Gasteiger charge is -2.05. The molecule has 0 spiro atoms. The predicted molar refractivity (Wildman–Crippen MR) is 59.9 cm³/mol. The molecule has 0 atom stereocenters. The van der Waals surface area contributed by atoms with Crippen molar-refractivity contribution in [3.63, 3.8) is 0 Å². The van der Waals surface area contributed by atoms with Gasteiger partial charge in [-0.2, -0.15) is 0 Å². The number of halogens is 2. The summed E-state index contributed by atoms with van der Waals surface area (Å²) in [6.07, 6.45) is 1.54. The van der Waals surface area contributed by atoms with Crippen LogP contribution in [0.3, 0.4) is 0 Å². The van der Waals surface area contributed by atoms with Crippen LogP contribution in [0, 0.1) is 18.6 Å². The molecule has 0 bridgehead atoms. The average Bonchev–Trinajstić information content (AvgIpc) is 2.54. The van der Waals surface area contributed by atoms with Gasteiger partial charge in [-0.15, -0.1) is 0 Å². The summed E-state index contributed by atoms with van der Waals surface area (Å²) < 4.78 is 27.8. The van der Waals surface area contributed by atoms with Crippen molar-refractivity contribution >= 4 is 16.7 Å². The molecule has 0 aliphatic rings. The van der Waals surface area contributed by atoms with E-state index in [1.54, 1.807) is 11.5 Å². The number of nitrogens with zero attached hydrogens (tertiary/aromatic N) is 2. The minimum Gasteiger partial charge on any atom is -0.297 e. The normalized spacial score (nSPS) is 10.7. The van der Waals surface area contributed by atoms with Gasteiger partial charge in [-0.3, -0.25) is 4.57 Å². The molecule has 2 nitrogen and oxygen atoms in total. The van der Waals surface area contributed by atoms with E-state index < -0.39 is 11.6 Å². The summed E-state index contributed by atoms with van der Waals surface area (Å²) in [5, 5.41) is 0. The Bertz CT molecular complexity index is 597. The van der Waals surface area contributed by atoms with Gasteiger partial charge in [-0.05, 0) is 13.0 Å². The van der Waals surface area contributed by atoms with Gasteiger partial charge in [-0.25, -0.2) is 13.8 Å². The molecule has 2 aromatic rings. The molecular weight excluding hydrogens is 210 g/mol. The highest BCUT2D eigenvalue weighted by molar-refractivity contribution is 5.81. The first-order valence-electron chi connectivity index (χ1n) is 4.70. The maximum atomic E-state index is 13.1. The monoisotopic (exact) mass is 220 g/mol. The molecule has 16 heavy (non-hydrogen) atoms. The topological polar surface area (TPSA) is 17.8 Å². The SMILES string of the molecule is C=CC(=C)n1c(C)nc2cc(F)c(F)cc21. The molecule has 1 aromatic heterocycles. The Balaban J connectivity index is 2.83. The van der Waals surface area contributed by atoms with Gasteiger partial charge in [0.1, 0.15) is 5.82 Å². The van der Waals surface area contributed by atoms with Crippen LogP contribution in [-0.4, -0.2) is 9.55 Å². The molecular formula is C12H10F2N2. The van der Waals surface area contributed by atoms with Crippen LogP contribution in [0.25, 0.3) is 16.7 Å². The Kier molecular flexibility index (Phi) is 2.34. The molecule has 2 rings (SSSR count). The lowest BCUT2D eigenvalue weighted by molar-refractivity contribution is 0.510. The van der Waals surface area contributed by atoms with Gasteiger partial charge in [0.15, 0.2) is 11.6 Å². The van der Waals surface area contributed by atoms with E-state index in [0.717, 1.165) is 12.1 Å². The molecule has 0 aliphatic heterocycles. The van der Waals surface area contributed by atoms with Crippen LogP contribution in [0.15, 0.2) is 31.4 Å². The molecule has 0 saturated heterocycles. The molecule has 82 valence electrons. The predicted octanol–water partition coefficient (Wildman–Crippen LogP) is 3.28. The maximum Gasteiger partial charge on any atom is 0.161 e. The Morgan fingerprint density at radius 1 is 1.38 bits per heavy atom. The van der Waals surface area contributed by atoms with Gasteiger partial charge >= 0.3 is 0 Å². The van der Waals surface area contributed by atoms with Crippen molar-refractivity contribution in [2.45, 2.75) is 6.92 Å². The van der Waals surface area contributed by atoms with E-state index in [0.29, 0.717) is 22.6 Å². The second kappa shape index (κ2) is 3.56. The summed E-state index contributed by atoms with van der Waals surface area (Å²) in [5.41, 5.74) is 1.46. The first kappa shape index (κ1) is 10.5. The zero-order valence-electron chi connectivity index (χ0n) is 8.80. The van der Waals surface area contributed by atoms with Crippen LogP contribution >= 0.6 is 0 Å². The summed E-state index contributed by atoms with van der Waals surface area (Å²) in [5.74, 6) is -1.18. The summed E-state index contributed by atoms with van der Waals surface area (Å²) in [6, 6.07) is 2.18. The molecule has 1 aromatic carbocycles. The van der Waals surface area contributed by atoms with Gasteiger partial charge in [0.2, 0.25) is 0 Å². The fraction of sp³-hybridized carbons (Fsp3) is 0.0833. The highest BCUT2D eigenvalue weighted by Gasteiger charge is 2.12. The van der Waals surface area contributed by atoms with Crippen LogP contribution in [-0.2, 0) is 0 Å². The second-order valence-electron chi connectivity index (χ2n) is 3.44. The van der Waals surface area contributed by atoms with Crippen molar-refractivity contribution in [1.82, 2.24) is 9.55 Å². The molecule has 1 heterocycles. The lowest BCUT2D eigenvalue weighted by atomic mass is 10.3. The molecule has 0 saturated carbocycles. The van der Waals surface area contributed by atoms with Crippen LogP contribution in [0.1, 0.15) is 5.82 Å². The number of hydrogen-bond acceptors (Lipinski definition) is 1. The van der Waals surface area contributed by atoms with Gasteiger partial charge in [0.05, 0.1) is 11.0 Å². The van der Waals surface area contributed by atoms with Crippen LogP contribution in [0.5, 0.6) is 0 Å².